The maximum atomic E-state index is 13.2. The number of piperidine rings is 1. The lowest BCUT2D eigenvalue weighted by atomic mass is 9.90. The van der Waals surface area contributed by atoms with Gasteiger partial charge in [-0.2, -0.15) is 0 Å². The van der Waals surface area contributed by atoms with Gasteiger partial charge in [0.2, 0.25) is 0 Å². The Kier molecular flexibility index (Phi) is 7.00. The van der Waals surface area contributed by atoms with Crippen LogP contribution in [0.5, 0.6) is 5.75 Å². The van der Waals surface area contributed by atoms with Crippen molar-refractivity contribution < 1.29 is 24.1 Å². The molecule has 0 aromatic heterocycles. The third-order valence-corrected chi connectivity index (χ3v) is 6.43. The van der Waals surface area contributed by atoms with E-state index in [4.69, 9.17) is 9.47 Å². The van der Waals surface area contributed by atoms with E-state index in [-0.39, 0.29) is 19.0 Å². The summed E-state index contributed by atoms with van der Waals surface area (Å²) in [5, 5.41) is 22.4. The maximum absolute atomic E-state index is 13.2. The van der Waals surface area contributed by atoms with Crippen molar-refractivity contribution in [1.29, 1.82) is 0 Å². The fourth-order valence-corrected chi connectivity index (χ4v) is 4.56. The molecule has 0 bridgehead atoms. The van der Waals surface area contributed by atoms with Crippen LogP contribution in [0, 0.1) is 12.7 Å². The van der Waals surface area contributed by atoms with Crippen LogP contribution in [0.4, 0.5) is 10.1 Å². The van der Waals surface area contributed by atoms with Crippen molar-refractivity contribution in [2.45, 2.75) is 31.0 Å². The van der Waals surface area contributed by atoms with E-state index in [9.17, 15) is 14.6 Å². The average Bonchev–Trinajstić information content (AvgIpc) is 2.95. The number of hydrogen-bond acceptors (Lipinski definition) is 6. The Balaban J connectivity index is 1.33. The Morgan fingerprint density at radius 1 is 1.00 bits per heavy atom. The molecule has 174 valence electrons. The molecule has 6 nitrogen and oxygen atoms in total. The second-order valence-electron chi connectivity index (χ2n) is 9.23. The Labute approximate surface area is 189 Å². The number of anilines is 1. The van der Waals surface area contributed by atoms with Crippen LogP contribution in [0.2, 0.25) is 0 Å². The Morgan fingerprint density at radius 2 is 1.72 bits per heavy atom. The smallest absolute Gasteiger partial charge is 0.134 e. The third kappa shape index (κ3) is 5.78. The molecule has 0 saturated carbocycles. The summed E-state index contributed by atoms with van der Waals surface area (Å²) < 4.78 is 24.8. The molecule has 2 aromatic carbocycles. The summed E-state index contributed by atoms with van der Waals surface area (Å²) >= 11 is 0. The van der Waals surface area contributed by atoms with Crippen LogP contribution in [0.1, 0.15) is 18.4 Å². The van der Waals surface area contributed by atoms with Crippen molar-refractivity contribution in [3.05, 3.63) is 59.9 Å². The van der Waals surface area contributed by atoms with Crippen LogP contribution in [0.25, 0.3) is 0 Å². The van der Waals surface area contributed by atoms with Crippen LogP contribution in [-0.2, 0) is 4.74 Å². The fraction of sp³-hybridized carbons (Fsp3) is 0.520. The van der Waals surface area contributed by atoms with Gasteiger partial charge in [0.1, 0.15) is 23.8 Å². The van der Waals surface area contributed by atoms with Crippen LogP contribution < -0.4 is 9.64 Å². The van der Waals surface area contributed by atoms with E-state index in [2.05, 4.69) is 9.80 Å². The number of β-amino-alcohol motifs (C(OH)–C–C–N with tert-alkyl or cyclic N) is 2. The van der Waals surface area contributed by atoms with Crippen molar-refractivity contribution >= 4 is 5.69 Å². The molecule has 0 aliphatic carbocycles. The highest BCUT2D eigenvalue weighted by atomic mass is 19.1. The van der Waals surface area contributed by atoms with Gasteiger partial charge in [0.25, 0.3) is 0 Å². The van der Waals surface area contributed by atoms with Crippen LogP contribution in [-0.4, -0.2) is 78.9 Å². The van der Waals surface area contributed by atoms with Crippen molar-refractivity contribution in [2.24, 2.45) is 0 Å². The summed E-state index contributed by atoms with van der Waals surface area (Å²) in [4.78, 5) is 4.26. The van der Waals surface area contributed by atoms with E-state index >= 15 is 0 Å². The zero-order valence-electron chi connectivity index (χ0n) is 18.7. The molecule has 2 aliphatic heterocycles. The normalized spacial score (nSPS) is 24.2. The topological polar surface area (TPSA) is 65.4 Å². The first-order valence-electron chi connectivity index (χ1n) is 11.3. The molecule has 4 rings (SSSR count). The summed E-state index contributed by atoms with van der Waals surface area (Å²) in [5.74, 6) is 0.507. The number of para-hydroxylation sites is 1. The van der Waals surface area contributed by atoms with Gasteiger partial charge in [0.05, 0.1) is 18.8 Å². The van der Waals surface area contributed by atoms with Crippen molar-refractivity contribution in [3.63, 3.8) is 0 Å². The Hall–Kier alpha value is -2.19. The molecular weight excluding hydrogens is 411 g/mol. The summed E-state index contributed by atoms with van der Waals surface area (Å²) in [7, 11) is 0. The molecule has 2 fully saturated rings. The van der Waals surface area contributed by atoms with Crippen molar-refractivity contribution in [3.8, 4) is 5.75 Å². The molecule has 32 heavy (non-hydrogen) atoms. The monoisotopic (exact) mass is 444 g/mol. The van der Waals surface area contributed by atoms with E-state index in [0.717, 1.165) is 17.0 Å². The van der Waals surface area contributed by atoms with Gasteiger partial charge in [0, 0.05) is 38.4 Å². The average molecular weight is 445 g/mol. The molecule has 2 aliphatic rings. The molecule has 7 heteroatoms. The molecule has 1 atom stereocenters. The lowest BCUT2D eigenvalue weighted by Gasteiger charge is -2.42. The van der Waals surface area contributed by atoms with E-state index in [1.165, 1.54) is 12.1 Å². The first-order valence-corrected chi connectivity index (χ1v) is 11.3. The highest BCUT2D eigenvalue weighted by molar-refractivity contribution is 5.46. The molecule has 0 radical (unpaired) electrons. The highest BCUT2D eigenvalue weighted by Gasteiger charge is 2.39. The van der Waals surface area contributed by atoms with Gasteiger partial charge >= 0.3 is 0 Å². The number of nitrogens with zero attached hydrogens (tertiary/aromatic N) is 2. The number of aryl methyl sites for hydroxylation is 1. The second-order valence-corrected chi connectivity index (χ2v) is 9.23. The van der Waals surface area contributed by atoms with Crippen LogP contribution >= 0.6 is 0 Å². The zero-order chi connectivity index (χ0) is 22.6. The minimum atomic E-state index is -1.15. The molecule has 2 N–H and O–H groups in total. The number of hydrogen-bond donors (Lipinski definition) is 2. The first kappa shape index (κ1) is 23.0. The molecule has 2 heterocycles. The maximum Gasteiger partial charge on any atom is 0.134 e. The predicted octanol–water partition coefficient (Wildman–Crippen LogP) is 2.61. The number of halogens is 1. The quantitative estimate of drug-likeness (QED) is 0.714. The van der Waals surface area contributed by atoms with Gasteiger partial charge in [-0.1, -0.05) is 18.2 Å². The van der Waals surface area contributed by atoms with E-state index < -0.39 is 11.2 Å². The molecule has 2 aromatic rings. The number of benzene rings is 2. The third-order valence-electron chi connectivity index (χ3n) is 6.43. The van der Waals surface area contributed by atoms with E-state index in [1.54, 1.807) is 12.1 Å². The van der Waals surface area contributed by atoms with Crippen molar-refractivity contribution in [1.82, 2.24) is 4.90 Å². The zero-order valence-corrected chi connectivity index (χ0v) is 18.7. The minimum Gasteiger partial charge on any atom is -0.490 e. The summed E-state index contributed by atoms with van der Waals surface area (Å²) in [6.07, 6.45) is 1.22. The number of aliphatic hydroxyl groups is 2. The summed E-state index contributed by atoms with van der Waals surface area (Å²) in [6.45, 7) is 5.71. The fourth-order valence-electron chi connectivity index (χ4n) is 4.56. The second kappa shape index (κ2) is 9.75. The predicted molar refractivity (Wildman–Crippen MR) is 122 cm³/mol. The van der Waals surface area contributed by atoms with Crippen LogP contribution in [0.3, 0.4) is 0 Å². The lowest BCUT2D eigenvalue weighted by Crippen LogP contribution is -2.55. The molecule has 0 amide bonds. The molecule has 0 unspecified atom stereocenters. The van der Waals surface area contributed by atoms with Crippen molar-refractivity contribution in [2.75, 3.05) is 57.4 Å². The Morgan fingerprint density at radius 3 is 2.44 bits per heavy atom. The molecule has 2 saturated heterocycles. The number of rotatable bonds is 6. The SMILES string of the molecule is Cc1ccccc1OC[C@]1(O)COCCN(CC2(O)CCN(c3ccc(F)cc3)CC2)C1. The van der Waals surface area contributed by atoms with Gasteiger partial charge in [-0.05, 0) is 55.7 Å². The first-order chi connectivity index (χ1) is 15.3. The molecular formula is C25H33FN2O4. The summed E-state index contributed by atoms with van der Waals surface area (Å²) in [6, 6.07) is 14.2. The van der Waals surface area contributed by atoms with Crippen LogP contribution in [0.15, 0.2) is 48.5 Å². The van der Waals surface area contributed by atoms with Gasteiger partial charge in [0.15, 0.2) is 0 Å². The van der Waals surface area contributed by atoms with E-state index in [1.807, 2.05) is 31.2 Å². The minimum absolute atomic E-state index is 0.130. The van der Waals surface area contributed by atoms with Gasteiger partial charge in [-0.25, -0.2) is 4.39 Å². The van der Waals surface area contributed by atoms with Gasteiger partial charge in [-0.15, -0.1) is 0 Å². The van der Waals surface area contributed by atoms with Gasteiger partial charge in [-0.3, -0.25) is 4.90 Å². The molecule has 0 spiro atoms. The van der Waals surface area contributed by atoms with E-state index in [0.29, 0.717) is 52.2 Å². The number of ether oxygens (including phenoxy) is 2. The largest absolute Gasteiger partial charge is 0.490 e. The summed E-state index contributed by atoms with van der Waals surface area (Å²) in [5.41, 5.74) is 0.00636. The lowest BCUT2D eigenvalue weighted by molar-refractivity contribution is -0.0743. The Bertz CT molecular complexity index is 886. The standard InChI is InChI=1S/C25H33FN2O4/c1-20-4-2-3-5-23(20)32-19-25(30)17-27(14-15-31-18-25)16-24(29)10-12-28(13-11-24)22-8-6-21(26)7-9-22/h2-9,29-30H,10-19H2,1H3/t25-/m1/s1. The van der Waals surface area contributed by atoms with Gasteiger partial charge < -0.3 is 24.6 Å². The highest BCUT2D eigenvalue weighted by Crippen LogP contribution is 2.28.